The number of aliphatic hydroxyl groups excluding tert-OH is 2. The zero-order chi connectivity index (χ0) is 25.8. The van der Waals surface area contributed by atoms with Gasteiger partial charge in [0.2, 0.25) is 0 Å². The number of carbonyl (C=O) groups excluding carboxylic acids is 1. The molecule has 10 nitrogen and oxygen atoms in total. The number of cyclic esters (lactones) is 1. The number of ether oxygens (including phenoxy) is 1. The van der Waals surface area contributed by atoms with Crippen LogP contribution in [0.1, 0.15) is 35.6 Å². The molecule has 0 radical (unpaired) electrons. The van der Waals surface area contributed by atoms with Crippen LogP contribution < -0.4 is 16.6 Å². The molecule has 2 aliphatic rings. The predicted octanol–water partition coefficient (Wildman–Crippen LogP) is 0.994. The Bertz CT molecular complexity index is 1520. The number of hydrogen-bond acceptors (Lipinski definition) is 7. The first kappa shape index (κ1) is 24.5. The minimum absolute atomic E-state index is 0.0154. The van der Waals surface area contributed by atoms with E-state index in [4.69, 9.17) is 15.6 Å². The van der Waals surface area contributed by atoms with Gasteiger partial charge in [-0.1, -0.05) is 6.92 Å². The number of carbonyl (C=O) groups is 1. The number of aliphatic hydroxyl groups is 3. The van der Waals surface area contributed by atoms with Gasteiger partial charge in [-0.15, -0.1) is 0 Å². The number of benzene rings is 1. The molecule has 1 atom stereocenters. The Morgan fingerprint density at radius 1 is 1.33 bits per heavy atom. The molecule has 4 heterocycles. The van der Waals surface area contributed by atoms with Crippen molar-refractivity contribution in [3.8, 4) is 11.4 Å². The number of thiol groups is 1. The number of hydrogen-bond donors (Lipinski definition) is 6. The highest BCUT2D eigenvalue weighted by atomic mass is 32.1. The molecule has 0 saturated carbocycles. The summed E-state index contributed by atoms with van der Waals surface area (Å²) < 4.78 is 21.0. The third-order valence-corrected chi connectivity index (χ3v) is 7.59. The van der Waals surface area contributed by atoms with Gasteiger partial charge in [0.25, 0.3) is 5.56 Å². The van der Waals surface area contributed by atoms with Crippen LogP contribution in [0.3, 0.4) is 0 Å². The summed E-state index contributed by atoms with van der Waals surface area (Å²) in [5.74, 6) is -1.12. The first-order valence-corrected chi connectivity index (χ1v) is 12.4. The maximum absolute atomic E-state index is 14.4. The number of pyridine rings is 2. The van der Waals surface area contributed by atoms with Crippen molar-refractivity contribution < 1.29 is 29.2 Å². The minimum atomic E-state index is -1.96. The van der Waals surface area contributed by atoms with Crippen molar-refractivity contribution in [2.24, 2.45) is 0 Å². The summed E-state index contributed by atoms with van der Waals surface area (Å²) in [7, 11) is 0. The summed E-state index contributed by atoms with van der Waals surface area (Å²) in [5.41, 5.74) is 6.21. The van der Waals surface area contributed by atoms with E-state index in [1.54, 1.807) is 13.0 Å². The molecule has 2 aliphatic heterocycles. The number of nitrogens with two attached hydrogens (primary N) is 1. The molecule has 0 fully saturated rings. The van der Waals surface area contributed by atoms with Gasteiger partial charge in [0.05, 0.1) is 41.3 Å². The number of esters is 1. The van der Waals surface area contributed by atoms with E-state index in [1.807, 2.05) is 0 Å². The number of rotatable bonds is 5. The lowest BCUT2D eigenvalue weighted by molar-refractivity contribution is -0.172. The van der Waals surface area contributed by atoms with Gasteiger partial charge >= 0.3 is 5.97 Å². The summed E-state index contributed by atoms with van der Waals surface area (Å²) in [6.07, 6.45) is 0.0154. The average Bonchev–Trinajstić information content (AvgIpc) is 3.22. The van der Waals surface area contributed by atoms with Crippen molar-refractivity contribution in [3.05, 3.63) is 56.6 Å². The van der Waals surface area contributed by atoms with Crippen molar-refractivity contribution in [3.63, 3.8) is 0 Å². The van der Waals surface area contributed by atoms with Crippen molar-refractivity contribution in [2.75, 3.05) is 18.1 Å². The molecule has 0 saturated heterocycles. The SMILES string of the molecule is CC[C@@]1(O)C(=O)OCc2c1cc1n(c2=O)Cc2c-1nc1cc(F)c(N)cc1c2CNC(O)=[SH]CCO. The zero-order valence-electron chi connectivity index (χ0n) is 19.3. The van der Waals surface area contributed by atoms with Crippen molar-refractivity contribution in [2.45, 2.75) is 38.6 Å². The summed E-state index contributed by atoms with van der Waals surface area (Å²) in [6, 6.07) is 4.26. The first-order valence-electron chi connectivity index (χ1n) is 11.3. The molecular formula is C24H25FN4O6S. The van der Waals surface area contributed by atoms with Crippen LogP contribution in [0.15, 0.2) is 23.0 Å². The summed E-state index contributed by atoms with van der Waals surface area (Å²) in [4.78, 5) is 30.5. The number of nitrogen functional groups attached to an aromatic ring is 1. The van der Waals surface area contributed by atoms with E-state index in [0.717, 1.165) is 0 Å². The van der Waals surface area contributed by atoms with Crippen LogP contribution in [-0.2, 0) is 34.8 Å². The predicted molar refractivity (Wildman–Crippen MR) is 134 cm³/mol. The molecule has 12 heteroatoms. The van der Waals surface area contributed by atoms with Gasteiger partial charge in [-0.25, -0.2) is 14.2 Å². The molecule has 190 valence electrons. The van der Waals surface area contributed by atoms with Crippen molar-refractivity contribution in [1.82, 2.24) is 14.9 Å². The average molecular weight is 517 g/mol. The highest BCUT2D eigenvalue weighted by molar-refractivity contribution is 7.98. The fourth-order valence-corrected chi connectivity index (χ4v) is 5.28. The Labute approximate surface area is 208 Å². The number of nitrogens with zero attached hydrogens (tertiary/aromatic N) is 2. The van der Waals surface area contributed by atoms with E-state index < -0.39 is 22.9 Å². The molecule has 3 aromatic rings. The van der Waals surface area contributed by atoms with E-state index in [9.17, 15) is 24.2 Å². The lowest BCUT2D eigenvalue weighted by atomic mass is 9.86. The molecule has 2 aromatic heterocycles. The maximum atomic E-state index is 14.4. The Kier molecular flexibility index (Phi) is 6.17. The van der Waals surface area contributed by atoms with Crippen LogP contribution in [-0.4, -0.2) is 48.4 Å². The fourth-order valence-electron chi connectivity index (χ4n) is 4.78. The summed E-state index contributed by atoms with van der Waals surface area (Å²) >= 11 is 0.507. The standard InChI is InChI=1S/C24H25FN4O6S/c1-2-24(34)15-6-19-20-13(9-29(19)21(31)14(15)10-35-22(24)32)12(8-27-23(33)36-4-3-30)11-5-17(26)16(25)7-18(11)28-20/h5-7,27,30,33-34,36H,2-4,8-10,26H2,1H3/t24-/m0/s1. The van der Waals surface area contributed by atoms with E-state index in [1.165, 1.54) is 16.7 Å². The van der Waals surface area contributed by atoms with Gasteiger partial charge in [-0.3, -0.25) is 10.1 Å². The highest BCUT2D eigenvalue weighted by Gasteiger charge is 2.45. The highest BCUT2D eigenvalue weighted by Crippen LogP contribution is 2.40. The van der Waals surface area contributed by atoms with Gasteiger partial charge in [0, 0.05) is 34.9 Å². The molecule has 0 unspecified atom stereocenters. The fraction of sp³-hybridized carbons (Fsp3) is 0.333. The summed E-state index contributed by atoms with van der Waals surface area (Å²) in [6.45, 7) is 1.55. The molecule has 0 aliphatic carbocycles. The molecular weight excluding hydrogens is 491 g/mol. The molecule has 0 amide bonds. The second kappa shape index (κ2) is 9.05. The van der Waals surface area contributed by atoms with Gasteiger partial charge in [0.15, 0.2) is 5.60 Å². The van der Waals surface area contributed by atoms with Crippen LogP contribution in [0.2, 0.25) is 0 Å². The lowest BCUT2D eigenvalue weighted by Gasteiger charge is -2.31. The van der Waals surface area contributed by atoms with E-state index in [2.05, 4.69) is 10.3 Å². The largest absolute Gasteiger partial charge is 0.458 e. The second-order valence-corrected chi connectivity index (χ2v) is 9.88. The first-order chi connectivity index (χ1) is 17.2. The number of aromatic nitrogens is 2. The van der Waals surface area contributed by atoms with Crippen molar-refractivity contribution >= 4 is 39.1 Å². The third-order valence-electron chi connectivity index (χ3n) is 6.71. The molecule has 0 bridgehead atoms. The van der Waals surface area contributed by atoms with Gasteiger partial charge < -0.3 is 30.4 Å². The van der Waals surface area contributed by atoms with E-state index in [-0.39, 0.29) is 54.7 Å². The number of fused-ring (bicyclic) bond motifs is 5. The Morgan fingerprint density at radius 3 is 2.83 bits per heavy atom. The molecule has 1 aromatic carbocycles. The molecule has 0 spiro atoms. The third kappa shape index (κ3) is 3.73. The van der Waals surface area contributed by atoms with E-state index >= 15 is 0 Å². The smallest absolute Gasteiger partial charge is 0.343 e. The quantitative estimate of drug-likeness (QED) is 0.0984. The number of halogens is 1. The minimum Gasteiger partial charge on any atom is -0.458 e. The molecule has 5 rings (SSSR count). The Hall–Kier alpha value is -3.16. The van der Waals surface area contributed by atoms with Crippen molar-refractivity contribution in [1.29, 1.82) is 0 Å². The zero-order valence-corrected chi connectivity index (χ0v) is 20.2. The number of anilines is 1. The van der Waals surface area contributed by atoms with Crippen LogP contribution in [0.4, 0.5) is 10.1 Å². The lowest BCUT2D eigenvalue weighted by Crippen LogP contribution is -2.44. The van der Waals surface area contributed by atoms with Crippen LogP contribution >= 0.6 is 11.4 Å². The Balaban J connectivity index is 1.73. The summed E-state index contributed by atoms with van der Waals surface area (Å²) in [5, 5.41) is 33.7. The molecule has 36 heavy (non-hydrogen) atoms. The second-order valence-electron chi connectivity index (χ2n) is 8.69. The van der Waals surface area contributed by atoms with Crippen LogP contribution in [0.25, 0.3) is 22.3 Å². The normalized spacial score (nSPS) is 18.9. The number of nitrogens with one attached hydrogen (secondary N) is 1. The van der Waals surface area contributed by atoms with Crippen LogP contribution in [0, 0.1) is 5.82 Å². The van der Waals surface area contributed by atoms with E-state index in [0.29, 0.717) is 50.5 Å². The van der Waals surface area contributed by atoms with Gasteiger partial charge in [-0.2, -0.15) is 11.4 Å². The van der Waals surface area contributed by atoms with Crippen LogP contribution in [0.5, 0.6) is 0 Å². The van der Waals surface area contributed by atoms with Gasteiger partial charge in [-0.05, 0) is 24.1 Å². The maximum Gasteiger partial charge on any atom is 0.343 e. The monoisotopic (exact) mass is 516 g/mol. The topological polar surface area (TPSA) is 160 Å². The molecule has 6 N–H and O–H groups in total. The Morgan fingerprint density at radius 2 is 2.11 bits per heavy atom. The van der Waals surface area contributed by atoms with Gasteiger partial charge in [0.1, 0.15) is 17.6 Å².